The zero-order chi connectivity index (χ0) is 19.2. The van der Waals surface area contributed by atoms with E-state index in [1.165, 1.54) is 19.4 Å². The third-order valence-corrected chi connectivity index (χ3v) is 3.49. The molecular formula is C17H14ClF3N2O3. The zero-order valence-corrected chi connectivity index (χ0v) is 14.3. The van der Waals surface area contributed by atoms with Gasteiger partial charge in [0.1, 0.15) is 5.75 Å². The third-order valence-electron chi connectivity index (χ3n) is 3.17. The molecule has 0 atom stereocenters. The molecular weight excluding hydrogens is 373 g/mol. The zero-order valence-electron chi connectivity index (χ0n) is 13.5. The van der Waals surface area contributed by atoms with E-state index in [9.17, 15) is 18.0 Å². The molecule has 2 aromatic carbocycles. The van der Waals surface area contributed by atoms with Crippen molar-refractivity contribution in [3.05, 3.63) is 58.6 Å². The molecule has 0 aliphatic rings. The van der Waals surface area contributed by atoms with Gasteiger partial charge in [0.2, 0.25) is 0 Å². The molecule has 9 heteroatoms. The predicted octanol–water partition coefficient (Wildman–Crippen LogP) is 4.36. The number of carbonyl (C=O) groups excluding carboxylic acids is 1. The highest BCUT2D eigenvalue weighted by molar-refractivity contribution is 6.34. The van der Waals surface area contributed by atoms with Crippen LogP contribution in [0.2, 0.25) is 5.02 Å². The Morgan fingerprint density at radius 3 is 2.54 bits per heavy atom. The summed E-state index contributed by atoms with van der Waals surface area (Å²) in [5, 5.41) is 5.46. The molecule has 0 unspecified atom stereocenters. The number of nitrogens with zero attached hydrogens (tertiary/aromatic N) is 1. The number of oxime groups is 1. The number of nitrogens with one attached hydrogen (secondary N) is 1. The molecule has 0 fully saturated rings. The molecule has 0 spiro atoms. The summed E-state index contributed by atoms with van der Waals surface area (Å²) in [5.74, 6) is -0.155. The Hall–Kier alpha value is -2.74. The van der Waals surface area contributed by atoms with Gasteiger partial charge in [0.05, 0.1) is 29.6 Å². The van der Waals surface area contributed by atoms with Crippen LogP contribution in [0.5, 0.6) is 5.75 Å². The molecule has 1 N–H and O–H groups in total. The highest BCUT2D eigenvalue weighted by Gasteiger charge is 2.34. The number of alkyl halides is 3. The van der Waals surface area contributed by atoms with Crippen LogP contribution in [-0.2, 0) is 15.8 Å². The summed E-state index contributed by atoms with van der Waals surface area (Å²) < 4.78 is 43.9. The Balaban J connectivity index is 1.94. The van der Waals surface area contributed by atoms with Crippen LogP contribution in [0, 0.1) is 0 Å². The van der Waals surface area contributed by atoms with E-state index in [2.05, 4.69) is 10.5 Å². The van der Waals surface area contributed by atoms with Crippen molar-refractivity contribution in [2.45, 2.75) is 6.18 Å². The van der Waals surface area contributed by atoms with Crippen molar-refractivity contribution in [1.29, 1.82) is 0 Å². The Morgan fingerprint density at radius 2 is 1.92 bits per heavy atom. The number of methoxy groups -OCH3 is 1. The van der Waals surface area contributed by atoms with Gasteiger partial charge in [0, 0.05) is 0 Å². The number of amides is 1. The number of hydrogen-bond acceptors (Lipinski definition) is 4. The van der Waals surface area contributed by atoms with Crippen LogP contribution >= 0.6 is 11.6 Å². The standard InChI is InChI=1S/C17H14ClF3N2O3/c1-25-12-7-5-11(6-8-12)9-22-26-10-15(24)23-16-13(17(19,20)21)3-2-4-14(16)18/h2-9H,10H2,1H3,(H,23,24)/b22-9+. The van der Waals surface area contributed by atoms with Crippen molar-refractivity contribution in [3.63, 3.8) is 0 Å². The van der Waals surface area contributed by atoms with Gasteiger partial charge in [-0.1, -0.05) is 22.8 Å². The summed E-state index contributed by atoms with van der Waals surface area (Å²) in [6.07, 6.45) is -3.30. The van der Waals surface area contributed by atoms with Crippen LogP contribution in [0.1, 0.15) is 11.1 Å². The van der Waals surface area contributed by atoms with Crippen LogP contribution in [0.25, 0.3) is 0 Å². The topological polar surface area (TPSA) is 59.9 Å². The smallest absolute Gasteiger partial charge is 0.418 e. The molecule has 0 radical (unpaired) electrons. The van der Waals surface area contributed by atoms with Gasteiger partial charge in [-0.15, -0.1) is 0 Å². The molecule has 1 amide bonds. The molecule has 0 heterocycles. The number of rotatable bonds is 6. The van der Waals surface area contributed by atoms with E-state index >= 15 is 0 Å². The van der Waals surface area contributed by atoms with Crippen molar-refractivity contribution in [2.75, 3.05) is 19.0 Å². The van der Waals surface area contributed by atoms with E-state index in [4.69, 9.17) is 21.2 Å². The average molecular weight is 387 g/mol. The summed E-state index contributed by atoms with van der Waals surface area (Å²) >= 11 is 5.75. The maximum absolute atomic E-state index is 13.0. The predicted molar refractivity (Wildman–Crippen MR) is 91.6 cm³/mol. The number of para-hydroxylation sites is 1. The Morgan fingerprint density at radius 1 is 1.23 bits per heavy atom. The first kappa shape index (κ1) is 19.6. The lowest BCUT2D eigenvalue weighted by atomic mass is 10.1. The number of hydrogen-bond donors (Lipinski definition) is 1. The fourth-order valence-electron chi connectivity index (χ4n) is 1.95. The molecule has 5 nitrogen and oxygen atoms in total. The number of carbonyl (C=O) groups is 1. The molecule has 2 aromatic rings. The first-order valence-corrected chi connectivity index (χ1v) is 7.64. The van der Waals surface area contributed by atoms with Gasteiger partial charge in [-0.05, 0) is 42.0 Å². The molecule has 2 rings (SSSR count). The lowest BCUT2D eigenvalue weighted by Crippen LogP contribution is -2.20. The normalized spacial score (nSPS) is 11.4. The molecule has 26 heavy (non-hydrogen) atoms. The van der Waals surface area contributed by atoms with Gasteiger partial charge >= 0.3 is 6.18 Å². The summed E-state index contributed by atoms with van der Waals surface area (Å²) in [7, 11) is 1.54. The molecule has 0 saturated carbocycles. The monoisotopic (exact) mass is 386 g/mol. The van der Waals surface area contributed by atoms with Gasteiger partial charge < -0.3 is 14.9 Å². The highest BCUT2D eigenvalue weighted by Crippen LogP contribution is 2.38. The van der Waals surface area contributed by atoms with Crippen molar-refractivity contribution in [3.8, 4) is 5.75 Å². The van der Waals surface area contributed by atoms with Crippen molar-refractivity contribution < 1.29 is 27.5 Å². The fraction of sp³-hybridized carbons (Fsp3) is 0.176. The van der Waals surface area contributed by atoms with Gasteiger partial charge in [-0.3, -0.25) is 4.79 Å². The summed E-state index contributed by atoms with van der Waals surface area (Å²) in [6.45, 7) is -0.574. The molecule has 0 aliphatic carbocycles. The van der Waals surface area contributed by atoms with Crippen molar-refractivity contribution in [1.82, 2.24) is 0 Å². The van der Waals surface area contributed by atoms with Crippen LogP contribution in [0.15, 0.2) is 47.6 Å². The number of ether oxygens (including phenoxy) is 1. The Bertz CT molecular complexity index is 793. The number of halogens is 4. The largest absolute Gasteiger partial charge is 0.497 e. The second-order valence-corrected chi connectivity index (χ2v) is 5.40. The van der Waals surface area contributed by atoms with E-state index in [0.717, 1.165) is 12.1 Å². The van der Waals surface area contributed by atoms with E-state index in [1.807, 2.05) is 0 Å². The van der Waals surface area contributed by atoms with Crippen molar-refractivity contribution in [2.24, 2.45) is 5.16 Å². The Labute approximate surface area is 152 Å². The minimum Gasteiger partial charge on any atom is -0.497 e. The average Bonchev–Trinajstić information content (AvgIpc) is 2.60. The summed E-state index contributed by atoms with van der Waals surface area (Å²) in [6, 6.07) is 10.1. The SMILES string of the molecule is COc1ccc(/C=N/OCC(=O)Nc2c(Cl)cccc2C(F)(F)F)cc1. The molecule has 0 saturated heterocycles. The molecule has 0 aromatic heterocycles. The summed E-state index contributed by atoms with van der Waals surface area (Å²) in [4.78, 5) is 16.6. The number of benzene rings is 2. The van der Waals surface area contributed by atoms with E-state index < -0.39 is 29.9 Å². The second kappa shape index (κ2) is 8.57. The number of anilines is 1. The van der Waals surface area contributed by atoms with Crippen LogP contribution in [0.4, 0.5) is 18.9 Å². The highest BCUT2D eigenvalue weighted by atomic mass is 35.5. The Kier molecular flexibility index (Phi) is 6.46. The molecule has 138 valence electrons. The fourth-order valence-corrected chi connectivity index (χ4v) is 2.17. The lowest BCUT2D eigenvalue weighted by molar-refractivity contribution is -0.137. The van der Waals surface area contributed by atoms with E-state index in [-0.39, 0.29) is 5.02 Å². The van der Waals surface area contributed by atoms with Crippen LogP contribution < -0.4 is 10.1 Å². The van der Waals surface area contributed by atoms with E-state index in [0.29, 0.717) is 11.3 Å². The lowest BCUT2D eigenvalue weighted by Gasteiger charge is -2.14. The minimum atomic E-state index is -4.65. The van der Waals surface area contributed by atoms with Gasteiger partial charge in [0.25, 0.3) is 5.91 Å². The van der Waals surface area contributed by atoms with E-state index in [1.54, 1.807) is 24.3 Å². The van der Waals surface area contributed by atoms with Crippen molar-refractivity contribution >= 4 is 29.4 Å². The first-order valence-electron chi connectivity index (χ1n) is 7.26. The maximum atomic E-state index is 13.0. The van der Waals surface area contributed by atoms with Crippen LogP contribution in [-0.4, -0.2) is 25.8 Å². The molecule has 0 aliphatic heterocycles. The maximum Gasteiger partial charge on any atom is 0.418 e. The second-order valence-electron chi connectivity index (χ2n) is 4.99. The molecule has 0 bridgehead atoms. The van der Waals surface area contributed by atoms with Gasteiger partial charge in [-0.25, -0.2) is 0 Å². The first-order chi connectivity index (χ1) is 12.3. The van der Waals surface area contributed by atoms with Gasteiger partial charge in [0.15, 0.2) is 6.61 Å². The summed E-state index contributed by atoms with van der Waals surface area (Å²) in [5.41, 5.74) is -0.869. The van der Waals surface area contributed by atoms with Crippen LogP contribution in [0.3, 0.4) is 0 Å². The third kappa shape index (κ3) is 5.38. The quantitative estimate of drug-likeness (QED) is 0.593. The minimum absolute atomic E-state index is 0.227. The van der Waals surface area contributed by atoms with Gasteiger partial charge in [-0.2, -0.15) is 13.2 Å².